The van der Waals surface area contributed by atoms with Gasteiger partial charge in [-0.1, -0.05) is 29.1 Å². The molecular formula is C22H18Cl2N2O3S. The van der Waals surface area contributed by atoms with E-state index < -0.39 is 0 Å². The fourth-order valence-electron chi connectivity index (χ4n) is 2.70. The molecule has 1 heterocycles. The first kappa shape index (κ1) is 22.1. The van der Waals surface area contributed by atoms with Gasteiger partial charge in [-0.3, -0.25) is 9.69 Å². The van der Waals surface area contributed by atoms with E-state index in [2.05, 4.69) is 10.9 Å². The van der Waals surface area contributed by atoms with E-state index in [1.165, 1.54) is 11.8 Å². The van der Waals surface area contributed by atoms with Crippen molar-refractivity contribution in [3.8, 4) is 23.8 Å². The second-order valence-corrected chi connectivity index (χ2v) is 7.88. The Kier molecular flexibility index (Phi) is 7.33. The SMILES string of the molecule is C#CCOc1c(Cl)cc(/C=C2/SC(=Nc3ccc(OC)cc3)N(CC)C2=O)cc1Cl. The van der Waals surface area contributed by atoms with Crippen LogP contribution in [0.4, 0.5) is 5.69 Å². The summed E-state index contributed by atoms with van der Waals surface area (Å²) in [5.74, 6) is 3.30. The Balaban J connectivity index is 1.89. The van der Waals surface area contributed by atoms with Crippen molar-refractivity contribution >= 4 is 57.8 Å². The number of halogens is 2. The number of amides is 1. The predicted molar refractivity (Wildman–Crippen MR) is 124 cm³/mol. The van der Waals surface area contributed by atoms with E-state index in [1.54, 1.807) is 30.2 Å². The normalized spacial score (nSPS) is 16.2. The minimum Gasteiger partial charge on any atom is -0.497 e. The summed E-state index contributed by atoms with van der Waals surface area (Å²) in [6, 6.07) is 10.7. The van der Waals surface area contributed by atoms with Gasteiger partial charge in [0.2, 0.25) is 0 Å². The van der Waals surface area contributed by atoms with Crippen LogP contribution in [0.1, 0.15) is 12.5 Å². The molecule has 0 saturated carbocycles. The molecule has 1 fully saturated rings. The van der Waals surface area contributed by atoms with Gasteiger partial charge in [0, 0.05) is 6.54 Å². The first-order valence-electron chi connectivity index (χ1n) is 8.96. The fourth-order valence-corrected chi connectivity index (χ4v) is 4.38. The van der Waals surface area contributed by atoms with Crippen LogP contribution in [-0.2, 0) is 4.79 Å². The summed E-state index contributed by atoms with van der Waals surface area (Å²) in [5.41, 5.74) is 1.41. The van der Waals surface area contributed by atoms with Gasteiger partial charge < -0.3 is 9.47 Å². The lowest BCUT2D eigenvalue weighted by Gasteiger charge is -2.12. The van der Waals surface area contributed by atoms with Crippen LogP contribution in [0.5, 0.6) is 11.5 Å². The lowest BCUT2D eigenvalue weighted by molar-refractivity contribution is -0.122. The maximum atomic E-state index is 12.8. The van der Waals surface area contributed by atoms with Crippen LogP contribution >= 0.6 is 35.0 Å². The van der Waals surface area contributed by atoms with Crippen LogP contribution in [0, 0.1) is 12.3 Å². The number of likely N-dealkylation sites (N-methyl/N-ethyl adjacent to an activating group) is 1. The monoisotopic (exact) mass is 460 g/mol. The summed E-state index contributed by atoms with van der Waals surface area (Å²) in [4.78, 5) is 19.6. The molecule has 154 valence electrons. The molecule has 0 aromatic heterocycles. The quantitative estimate of drug-likeness (QED) is 0.413. The molecule has 2 aromatic carbocycles. The van der Waals surface area contributed by atoms with Crippen LogP contribution in [-0.4, -0.2) is 36.2 Å². The smallest absolute Gasteiger partial charge is 0.266 e. The van der Waals surface area contributed by atoms with Crippen molar-refractivity contribution in [1.29, 1.82) is 0 Å². The zero-order chi connectivity index (χ0) is 21.7. The summed E-state index contributed by atoms with van der Waals surface area (Å²) in [6.07, 6.45) is 6.94. The molecule has 0 N–H and O–H groups in total. The van der Waals surface area contributed by atoms with Crippen LogP contribution in [0.3, 0.4) is 0 Å². The molecule has 30 heavy (non-hydrogen) atoms. The van der Waals surface area contributed by atoms with Crippen LogP contribution in [0.25, 0.3) is 6.08 Å². The molecule has 0 radical (unpaired) electrons. The van der Waals surface area contributed by atoms with Crippen LogP contribution in [0.15, 0.2) is 46.3 Å². The number of methoxy groups -OCH3 is 1. The van der Waals surface area contributed by atoms with E-state index in [0.717, 1.165) is 11.4 Å². The molecular weight excluding hydrogens is 443 g/mol. The Bertz CT molecular complexity index is 1040. The van der Waals surface area contributed by atoms with Crippen LogP contribution in [0.2, 0.25) is 10.0 Å². The lowest BCUT2D eigenvalue weighted by atomic mass is 10.2. The predicted octanol–water partition coefficient (Wildman–Crippen LogP) is 5.64. The van der Waals surface area contributed by atoms with Crippen molar-refractivity contribution < 1.29 is 14.3 Å². The van der Waals surface area contributed by atoms with Gasteiger partial charge in [0.1, 0.15) is 12.4 Å². The van der Waals surface area contributed by atoms with Gasteiger partial charge in [-0.05, 0) is 66.7 Å². The van der Waals surface area contributed by atoms with Crippen molar-refractivity contribution in [2.75, 3.05) is 20.3 Å². The number of nitrogens with zero attached hydrogens (tertiary/aromatic N) is 2. The molecule has 3 rings (SSSR count). The summed E-state index contributed by atoms with van der Waals surface area (Å²) < 4.78 is 10.5. The zero-order valence-corrected chi connectivity index (χ0v) is 18.6. The molecule has 0 bridgehead atoms. The third-order valence-corrected chi connectivity index (χ3v) is 5.69. The lowest BCUT2D eigenvalue weighted by Crippen LogP contribution is -2.28. The van der Waals surface area contributed by atoms with Crippen molar-refractivity contribution in [3.63, 3.8) is 0 Å². The van der Waals surface area contributed by atoms with E-state index in [1.807, 2.05) is 31.2 Å². The summed E-state index contributed by atoms with van der Waals surface area (Å²) in [7, 11) is 1.61. The fraction of sp³-hybridized carbons (Fsp3) is 0.182. The summed E-state index contributed by atoms with van der Waals surface area (Å²) in [6.45, 7) is 2.46. The highest BCUT2D eigenvalue weighted by atomic mass is 35.5. The average molecular weight is 461 g/mol. The Hall–Kier alpha value is -2.59. The molecule has 2 aromatic rings. The molecule has 0 spiro atoms. The van der Waals surface area contributed by atoms with Gasteiger partial charge in [0.25, 0.3) is 5.91 Å². The molecule has 8 heteroatoms. The standard InChI is InChI=1S/C22H18Cl2N2O3S/c1-4-10-29-20-17(23)11-14(12-18(20)24)13-19-21(27)26(5-2)22(30-19)25-15-6-8-16(28-3)9-7-15/h1,6-9,11-13H,5,10H2,2-3H3/b19-13+,25-22?. The number of hydrogen-bond acceptors (Lipinski definition) is 5. The Morgan fingerprint density at radius 1 is 1.23 bits per heavy atom. The number of benzene rings is 2. The number of carbonyl (C=O) groups is 1. The van der Waals surface area contributed by atoms with E-state index in [4.69, 9.17) is 39.1 Å². The number of thioether (sulfide) groups is 1. The molecule has 1 saturated heterocycles. The number of ether oxygens (including phenoxy) is 2. The molecule has 1 aliphatic rings. The highest BCUT2D eigenvalue weighted by Gasteiger charge is 2.32. The minimum atomic E-state index is -0.130. The van der Waals surface area contributed by atoms with Gasteiger partial charge in [-0.25, -0.2) is 4.99 Å². The maximum Gasteiger partial charge on any atom is 0.266 e. The van der Waals surface area contributed by atoms with Gasteiger partial charge in [0.05, 0.1) is 27.7 Å². The Morgan fingerprint density at radius 2 is 1.90 bits per heavy atom. The number of carbonyl (C=O) groups excluding carboxylic acids is 1. The number of hydrogen-bond donors (Lipinski definition) is 0. The molecule has 0 aliphatic carbocycles. The van der Waals surface area contributed by atoms with Crippen molar-refractivity contribution in [2.24, 2.45) is 4.99 Å². The molecule has 0 unspecified atom stereocenters. The second kappa shape index (κ2) is 9.94. The van der Waals surface area contributed by atoms with Crippen molar-refractivity contribution in [1.82, 2.24) is 4.90 Å². The van der Waals surface area contributed by atoms with Crippen LogP contribution < -0.4 is 9.47 Å². The third-order valence-electron chi connectivity index (χ3n) is 4.12. The summed E-state index contributed by atoms with van der Waals surface area (Å²) >= 11 is 13.8. The third kappa shape index (κ3) is 4.93. The average Bonchev–Trinajstić information content (AvgIpc) is 3.02. The molecule has 1 amide bonds. The number of terminal acetylenes is 1. The minimum absolute atomic E-state index is 0.0604. The molecule has 1 aliphatic heterocycles. The van der Waals surface area contributed by atoms with Gasteiger partial charge in [0.15, 0.2) is 10.9 Å². The highest BCUT2D eigenvalue weighted by molar-refractivity contribution is 8.18. The van der Waals surface area contributed by atoms with Crippen molar-refractivity contribution in [3.05, 3.63) is 56.9 Å². The maximum absolute atomic E-state index is 12.8. The molecule has 0 atom stereocenters. The van der Waals surface area contributed by atoms with Gasteiger partial charge in [-0.15, -0.1) is 6.42 Å². The second-order valence-electron chi connectivity index (χ2n) is 6.06. The Labute approximate surface area is 189 Å². The van der Waals surface area contributed by atoms with Crippen molar-refractivity contribution in [2.45, 2.75) is 6.92 Å². The first-order valence-corrected chi connectivity index (χ1v) is 10.5. The van der Waals surface area contributed by atoms with E-state index >= 15 is 0 Å². The number of aliphatic imine (C=N–C) groups is 1. The highest BCUT2D eigenvalue weighted by Crippen LogP contribution is 2.38. The number of rotatable bonds is 6. The van der Waals surface area contributed by atoms with E-state index in [9.17, 15) is 4.79 Å². The van der Waals surface area contributed by atoms with E-state index in [-0.39, 0.29) is 12.5 Å². The van der Waals surface area contributed by atoms with Gasteiger partial charge >= 0.3 is 0 Å². The van der Waals surface area contributed by atoms with E-state index in [0.29, 0.717) is 38.0 Å². The largest absolute Gasteiger partial charge is 0.497 e. The zero-order valence-electron chi connectivity index (χ0n) is 16.3. The summed E-state index contributed by atoms with van der Waals surface area (Å²) in [5, 5.41) is 1.24. The molecule has 5 nitrogen and oxygen atoms in total. The number of amidine groups is 1. The van der Waals surface area contributed by atoms with Gasteiger partial charge in [-0.2, -0.15) is 0 Å². The topological polar surface area (TPSA) is 51.1 Å². The first-order chi connectivity index (χ1) is 14.5. The Morgan fingerprint density at radius 3 is 2.47 bits per heavy atom.